The largest absolute Gasteiger partial charge is 0.479 e. The first kappa shape index (κ1) is 78.2. The third-order valence-corrected chi connectivity index (χ3v) is 16.5. The van der Waals surface area contributed by atoms with Gasteiger partial charge in [-0.2, -0.15) is 0 Å². The molecule has 12 heteroatoms. The number of unbranched alkanes of at least 4 members (excludes halogenated alkanes) is 44. The van der Waals surface area contributed by atoms with Crippen LogP contribution in [0.1, 0.15) is 355 Å². The second kappa shape index (κ2) is 59.5. The monoisotopic (exact) mass is 1170 g/mol. The molecule has 1 rings (SSSR count). The quantitative estimate of drug-likeness (QED) is 0.0228. The van der Waals surface area contributed by atoms with Crippen LogP contribution in [0.15, 0.2) is 24.3 Å². The Balaban J connectivity index is 2.62. The highest BCUT2D eigenvalue weighted by Crippen LogP contribution is 2.27. The van der Waals surface area contributed by atoms with Crippen molar-refractivity contribution in [3.8, 4) is 0 Å². The number of ether oxygens (including phenoxy) is 5. The minimum Gasteiger partial charge on any atom is -0.479 e. The lowest BCUT2D eigenvalue weighted by molar-refractivity contribution is -0.301. The first-order valence-electron chi connectivity index (χ1n) is 35.3. The first-order valence-corrected chi connectivity index (χ1v) is 35.3. The highest BCUT2D eigenvalue weighted by Gasteiger charge is 2.50. The molecular weight excluding hydrogens is 1040 g/mol. The zero-order chi connectivity index (χ0) is 60.3. The van der Waals surface area contributed by atoms with Crippen LogP contribution in [-0.2, 0) is 42.9 Å². The van der Waals surface area contributed by atoms with Crippen molar-refractivity contribution in [1.82, 2.24) is 0 Å². The second-order valence-electron chi connectivity index (χ2n) is 24.5. The number of rotatable bonds is 62. The summed E-state index contributed by atoms with van der Waals surface area (Å²) in [7, 11) is 0. The molecule has 1 aliphatic rings. The summed E-state index contributed by atoms with van der Waals surface area (Å²) < 4.78 is 28.6. The van der Waals surface area contributed by atoms with E-state index in [1.807, 2.05) is 0 Å². The smallest absolute Gasteiger partial charge is 0.335 e. The van der Waals surface area contributed by atoms with Crippen molar-refractivity contribution in [2.75, 3.05) is 13.2 Å². The van der Waals surface area contributed by atoms with E-state index in [-0.39, 0.29) is 25.9 Å². The number of hydrogen-bond donors (Lipinski definition) is 3. The van der Waals surface area contributed by atoms with Crippen molar-refractivity contribution in [3.63, 3.8) is 0 Å². The van der Waals surface area contributed by atoms with Gasteiger partial charge in [-0.05, 0) is 70.6 Å². The SMILES string of the molecule is CCCCCCCC/C=C\CCCCCCCCCCCC(=O)OCC(COC1OC(C(=O)O)C(O)C(O)C1OC(=O)CCCCCCC/C=C\CCCCCCCC)OC(=O)CCCCCCCCCCCCCCCCCCCCC. The van der Waals surface area contributed by atoms with Gasteiger partial charge in [-0.25, -0.2) is 4.79 Å². The number of carbonyl (C=O) groups excluding carboxylic acids is 3. The molecule has 6 atom stereocenters. The van der Waals surface area contributed by atoms with E-state index in [1.54, 1.807) is 0 Å². The van der Waals surface area contributed by atoms with Gasteiger partial charge in [-0.3, -0.25) is 14.4 Å². The topological polar surface area (TPSA) is 175 Å². The summed E-state index contributed by atoms with van der Waals surface area (Å²) >= 11 is 0. The van der Waals surface area contributed by atoms with E-state index >= 15 is 0 Å². The maximum absolute atomic E-state index is 13.2. The van der Waals surface area contributed by atoms with Gasteiger partial charge in [0.15, 0.2) is 24.6 Å². The van der Waals surface area contributed by atoms with Crippen LogP contribution in [0.25, 0.3) is 0 Å². The summed E-state index contributed by atoms with van der Waals surface area (Å²) in [5.41, 5.74) is 0. The fourth-order valence-electron chi connectivity index (χ4n) is 11.1. The fourth-order valence-corrected chi connectivity index (χ4v) is 11.1. The highest BCUT2D eigenvalue weighted by atomic mass is 16.7. The number of aliphatic hydroxyl groups excluding tert-OH is 2. The number of carbonyl (C=O) groups is 4. The van der Waals surface area contributed by atoms with Crippen LogP contribution < -0.4 is 0 Å². The third kappa shape index (κ3) is 48.9. The van der Waals surface area contributed by atoms with Gasteiger partial charge in [-0.1, -0.05) is 289 Å². The van der Waals surface area contributed by atoms with Crippen molar-refractivity contribution in [2.45, 2.75) is 391 Å². The lowest BCUT2D eigenvalue weighted by Gasteiger charge is -2.40. The van der Waals surface area contributed by atoms with Crippen LogP contribution in [0.3, 0.4) is 0 Å². The molecule has 0 aromatic carbocycles. The molecule has 0 amide bonds. The molecule has 486 valence electrons. The predicted octanol–water partition coefficient (Wildman–Crippen LogP) is 19.4. The number of carboxylic acid groups (broad SMARTS) is 1. The minimum absolute atomic E-state index is 0.0555. The van der Waals surface area contributed by atoms with E-state index in [4.69, 9.17) is 23.7 Å². The zero-order valence-corrected chi connectivity index (χ0v) is 54.0. The third-order valence-electron chi connectivity index (χ3n) is 16.5. The molecule has 12 nitrogen and oxygen atoms in total. The summed E-state index contributed by atoms with van der Waals surface area (Å²) in [5.74, 6) is -3.09. The van der Waals surface area contributed by atoms with Crippen LogP contribution >= 0.6 is 0 Å². The molecule has 0 saturated carbocycles. The lowest BCUT2D eigenvalue weighted by atomic mass is 9.98. The number of aliphatic carboxylic acids is 1. The maximum atomic E-state index is 13.2. The van der Waals surface area contributed by atoms with E-state index < -0.39 is 67.3 Å². The average Bonchev–Trinajstić information content (AvgIpc) is 3.58. The Labute approximate surface area is 508 Å². The van der Waals surface area contributed by atoms with Crippen molar-refractivity contribution in [1.29, 1.82) is 0 Å². The molecule has 0 aromatic rings. The Morgan fingerprint density at radius 1 is 0.386 bits per heavy atom. The van der Waals surface area contributed by atoms with Crippen LogP contribution in [0, 0.1) is 0 Å². The molecule has 1 aliphatic heterocycles. The van der Waals surface area contributed by atoms with Gasteiger partial charge in [0.2, 0.25) is 0 Å². The predicted molar refractivity (Wildman–Crippen MR) is 340 cm³/mol. The molecule has 1 saturated heterocycles. The number of carboxylic acids is 1. The lowest BCUT2D eigenvalue weighted by Crippen LogP contribution is -2.61. The Bertz CT molecular complexity index is 1530. The maximum Gasteiger partial charge on any atom is 0.335 e. The van der Waals surface area contributed by atoms with Crippen molar-refractivity contribution < 1.29 is 58.2 Å². The molecule has 3 N–H and O–H groups in total. The Morgan fingerprint density at radius 3 is 1.02 bits per heavy atom. The van der Waals surface area contributed by atoms with E-state index in [0.29, 0.717) is 19.3 Å². The molecule has 1 heterocycles. The zero-order valence-electron chi connectivity index (χ0n) is 54.0. The van der Waals surface area contributed by atoms with E-state index in [1.165, 1.54) is 218 Å². The summed E-state index contributed by atoms with van der Waals surface area (Å²) in [6.45, 7) is 6.06. The normalized spacial score (nSPS) is 17.6. The Morgan fingerprint density at radius 2 is 0.687 bits per heavy atom. The van der Waals surface area contributed by atoms with Crippen molar-refractivity contribution >= 4 is 23.9 Å². The average molecular weight is 1180 g/mol. The number of esters is 3. The number of allylic oxidation sites excluding steroid dienone is 4. The summed E-state index contributed by atoms with van der Waals surface area (Å²) in [6, 6.07) is 0. The van der Waals surface area contributed by atoms with Crippen LogP contribution in [-0.4, -0.2) is 89.2 Å². The molecule has 0 bridgehead atoms. The van der Waals surface area contributed by atoms with E-state index in [2.05, 4.69) is 45.1 Å². The van der Waals surface area contributed by atoms with Gasteiger partial charge >= 0.3 is 23.9 Å². The van der Waals surface area contributed by atoms with Gasteiger partial charge in [0.05, 0.1) is 6.61 Å². The van der Waals surface area contributed by atoms with Gasteiger partial charge in [0, 0.05) is 19.3 Å². The molecule has 0 spiro atoms. The van der Waals surface area contributed by atoms with Crippen LogP contribution in [0.2, 0.25) is 0 Å². The summed E-state index contributed by atoms with van der Waals surface area (Å²) in [6.07, 6.45) is 58.5. The molecule has 1 fully saturated rings. The summed E-state index contributed by atoms with van der Waals surface area (Å²) in [4.78, 5) is 51.4. The van der Waals surface area contributed by atoms with Gasteiger partial charge in [0.25, 0.3) is 0 Å². The molecule has 0 radical (unpaired) electrons. The molecule has 83 heavy (non-hydrogen) atoms. The minimum atomic E-state index is -1.90. The highest BCUT2D eigenvalue weighted by molar-refractivity contribution is 5.74. The molecule has 6 unspecified atom stereocenters. The number of aliphatic hydroxyl groups is 2. The first-order chi connectivity index (χ1) is 40.6. The van der Waals surface area contributed by atoms with Gasteiger partial charge in [0.1, 0.15) is 18.8 Å². The Kier molecular flexibility index (Phi) is 56.1. The van der Waals surface area contributed by atoms with Gasteiger partial charge in [-0.15, -0.1) is 0 Å². The Hall–Kier alpha value is -2.80. The second-order valence-corrected chi connectivity index (χ2v) is 24.5. The van der Waals surface area contributed by atoms with E-state index in [0.717, 1.165) is 77.0 Å². The van der Waals surface area contributed by atoms with Crippen LogP contribution in [0.5, 0.6) is 0 Å². The standard InChI is InChI=1S/C71H130O12/c1-4-7-10-13-16-19-22-25-28-30-32-34-37-39-42-45-48-51-54-57-63(72)79-60-62(81-64(73)58-55-52-49-46-43-41-38-35-33-31-29-26-23-20-17-14-11-8-5-2)61-80-71-69(67(76)66(75)68(83-71)70(77)78)82-65(74)59-56-53-50-47-44-40-36-27-24-21-18-15-12-9-6-3/h25,27-28,36,62,66-69,71,75-76H,4-24,26,29-35,37-61H2,1-3H3,(H,77,78)/b28-25-,36-27-. The van der Waals surface area contributed by atoms with Crippen molar-refractivity contribution in [2.24, 2.45) is 0 Å². The molecular formula is C71H130O12. The number of hydrogen-bond acceptors (Lipinski definition) is 11. The molecule has 0 aromatic heterocycles. The van der Waals surface area contributed by atoms with Crippen LogP contribution in [0.4, 0.5) is 0 Å². The summed E-state index contributed by atoms with van der Waals surface area (Å²) in [5, 5.41) is 31.6. The fraction of sp³-hybridized carbons (Fsp3) is 0.887. The van der Waals surface area contributed by atoms with Gasteiger partial charge < -0.3 is 39.0 Å². The van der Waals surface area contributed by atoms with Crippen molar-refractivity contribution in [3.05, 3.63) is 24.3 Å². The molecule has 0 aliphatic carbocycles. The van der Waals surface area contributed by atoms with E-state index in [9.17, 15) is 34.5 Å².